The minimum Gasteiger partial charge on any atom is -0.264 e. The molecule has 0 unspecified atom stereocenters. The molecule has 2 aromatic carbocycles. The summed E-state index contributed by atoms with van der Waals surface area (Å²) in [6, 6.07) is 15.0. The zero-order valence-electron chi connectivity index (χ0n) is 15.2. The Kier molecular flexibility index (Phi) is 5.08. The van der Waals surface area contributed by atoms with Crippen molar-refractivity contribution in [2.75, 3.05) is 0 Å². The lowest BCUT2D eigenvalue weighted by atomic mass is 9.97. The predicted octanol–water partition coefficient (Wildman–Crippen LogP) is 6.25. The molecule has 0 amide bonds. The zero-order valence-corrected chi connectivity index (χ0v) is 15.2. The van der Waals surface area contributed by atoms with Gasteiger partial charge < -0.3 is 0 Å². The molecule has 0 fully saturated rings. The van der Waals surface area contributed by atoms with E-state index in [1.54, 1.807) is 0 Å². The van der Waals surface area contributed by atoms with E-state index in [1.165, 1.54) is 22.1 Å². The second-order valence-corrected chi connectivity index (χ2v) is 6.74. The maximum absolute atomic E-state index is 4.52. The van der Waals surface area contributed by atoms with Crippen LogP contribution in [-0.4, -0.2) is 11.7 Å². The Morgan fingerprint density at radius 1 is 1.16 bits per heavy atom. The average molecular weight is 328 g/mol. The van der Waals surface area contributed by atoms with E-state index < -0.39 is 0 Å². The van der Waals surface area contributed by atoms with Crippen molar-refractivity contribution in [2.24, 2.45) is 4.99 Å². The lowest BCUT2D eigenvalue weighted by molar-refractivity contribution is 0.867. The molecule has 3 rings (SSSR count). The highest BCUT2D eigenvalue weighted by molar-refractivity contribution is 5.79. The van der Waals surface area contributed by atoms with Gasteiger partial charge in [0.25, 0.3) is 0 Å². The first-order valence-corrected chi connectivity index (χ1v) is 8.70. The molecule has 126 valence electrons. The Labute approximate surface area is 150 Å². The van der Waals surface area contributed by atoms with Gasteiger partial charge >= 0.3 is 0 Å². The number of benzene rings is 2. The highest BCUT2D eigenvalue weighted by Gasteiger charge is 2.07. The summed E-state index contributed by atoms with van der Waals surface area (Å²) in [5.41, 5.74) is 6.84. The number of fused-ring (bicyclic) bond motifs is 1. The van der Waals surface area contributed by atoms with Crippen LogP contribution >= 0.6 is 0 Å². The lowest BCUT2D eigenvalue weighted by Gasteiger charge is -2.11. The third-order valence-corrected chi connectivity index (χ3v) is 4.41. The Balaban J connectivity index is 1.83. The Morgan fingerprint density at radius 3 is 2.76 bits per heavy atom. The van der Waals surface area contributed by atoms with Crippen molar-refractivity contribution in [3.05, 3.63) is 77.0 Å². The van der Waals surface area contributed by atoms with Gasteiger partial charge in [-0.2, -0.15) is 0 Å². The summed E-state index contributed by atoms with van der Waals surface area (Å²) < 4.78 is 0. The summed E-state index contributed by atoms with van der Waals surface area (Å²) in [5.74, 6) is 0.434. The van der Waals surface area contributed by atoms with Crippen molar-refractivity contribution >= 4 is 29.4 Å². The van der Waals surface area contributed by atoms with Gasteiger partial charge in [-0.3, -0.25) is 9.98 Å². The van der Waals surface area contributed by atoms with Crippen LogP contribution in [0.5, 0.6) is 0 Å². The summed E-state index contributed by atoms with van der Waals surface area (Å²) in [7, 11) is 0. The largest absolute Gasteiger partial charge is 0.264 e. The van der Waals surface area contributed by atoms with Gasteiger partial charge in [0, 0.05) is 17.1 Å². The molecule has 0 saturated carbocycles. The molecule has 1 aromatic heterocycles. The number of aliphatic imine (C=N–C) groups is 1. The zero-order chi connectivity index (χ0) is 17.8. The summed E-state index contributed by atoms with van der Waals surface area (Å²) >= 11 is 0. The lowest BCUT2D eigenvalue weighted by Crippen LogP contribution is -1.90. The summed E-state index contributed by atoms with van der Waals surface area (Å²) in [5, 5.41) is 1.19. The van der Waals surface area contributed by atoms with E-state index in [-0.39, 0.29) is 0 Å². The fourth-order valence-electron chi connectivity index (χ4n) is 3.09. The van der Waals surface area contributed by atoms with Gasteiger partial charge in [0.1, 0.15) is 0 Å². The molecule has 0 bridgehead atoms. The molecule has 3 aromatic rings. The Bertz CT molecular complexity index is 936. The molecule has 2 nitrogen and oxygen atoms in total. The van der Waals surface area contributed by atoms with Crippen LogP contribution in [0, 0.1) is 6.92 Å². The Hall–Kier alpha value is -2.74. The van der Waals surface area contributed by atoms with Crippen LogP contribution in [0.3, 0.4) is 0 Å². The van der Waals surface area contributed by atoms with Gasteiger partial charge in [0.2, 0.25) is 0 Å². The third-order valence-electron chi connectivity index (χ3n) is 4.41. The van der Waals surface area contributed by atoms with E-state index >= 15 is 0 Å². The summed E-state index contributed by atoms with van der Waals surface area (Å²) in [6.07, 6.45) is 7.11. The maximum Gasteiger partial charge on any atom is 0.0729 e. The molecule has 0 radical (unpaired) electrons. The van der Waals surface area contributed by atoms with Gasteiger partial charge in [-0.1, -0.05) is 56.3 Å². The first-order chi connectivity index (χ1) is 12.1. The molecule has 0 aliphatic carbocycles. The fraction of sp³-hybridized carbons (Fsp3) is 0.217. The van der Waals surface area contributed by atoms with E-state index in [0.717, 1.165) is 23.2 Å². The van der Waals surface area contributed by atoms with E-state index in [0.29, 0.717) is 5.92 Å². The van der Waals surface area contributed by atoms with Crippen molar-refractivity contribution in [1.29, 1.82) is 0 Å². The maximum atomic E-state index is 4.52. The molecular formula is C23H24N2. The molecule has 0 saturated heterocycles. The van der Waals surface area contributed by atoms with E-state index in [9.17, 15) is 0 Å². The SMILES string of the molecule is C=Nc1c(/C=C\Cc2ccc3cc(C)cnc3c2)cccc1C(C)C. The van der Waals surface area contributed by atoms with Crippen molar-refractivity contribution in [1.82, 2.24) is 4.98 Å². The van der Waals surface area contributed by atoms with Crippen LogP contribution in [0.4, 0.5) is 5.69 Å². The van der Waals surface area contributed by atoms with Crippen LogP contribution in [0.15, 0.2) is 59.7 Å². The van der Waals surface area contributed by atoms with Crippen LogP contribution in [0.25, 0.3) is 17.0 Å². The summed E-state index contributed by atoms with van der Waals surface area (Å²) in [4.78, 5) is 8.77. The molecule has 0 spiro atoms. The van der Waals surface area contributed by atoms with Gasteiger partial charge in [0.05, 0.1) is 11.2 Å². The molecule has 0 N–H and O–H groups in total. The summed E-state index contributed by atoms with van der Waals surface area (Å²) in [6.45, 7) is 10.2. The highest BCUT2D eigenvalue weighted by Crippen LogP contribution is 2.31. The quantitative estimate of drug-likeness (QED) is 0.508. The highest BCUT2D eigenvalue weighted by atomic mass is 14.7. The number of para-hydroxylation sites is 1. The van der Waals surface area contributed by atoms with Crippen molar-refractivity contribution in [3.8, 4) is 0 Å². The van der Waals surface area contributed by atoms with Crippen LogP contribution in [0.2, 0.25) is 0 Å². The number of allylic oxidation sites excluding steroid dienone is 1. The van der Waals surface area contributed by atoms with Crippen molar-refractivity contribution in [3.63, 3.8) is 0 Å². The number of aromatic nitrogens is 1. The van der Waals surface area contributed by atoms with Crippen LogP contribution in [0.1, 0.15) is 42.0 Å². The first-order valence-electron chi connectivity index (χ1n) is 8.70. The average Bonchev–Trinajstić information content (AvgIpc) is 2.61. The molecule has 2 heteroatoms. The van der Waals surface area contributed by atoms with Gasteiger partial charge in [-0.25, -0.2) is 0 Å². The van der Waals surface area contributed by atoms with Crippen molar-refractivity contribution < 1.29 is 0 Å². The van der Waals surface area contributed by atoms with E-state index in [4.69, 9.17) is 0 Å². The second-order valence-electron chi connectivity index (χ2n) is 6.74. The minimum atomic E-state index is 0.434. The van der Waals surface area contributed by atoms with Gasteiger partial charge in [0.15, 0.2) is 0 Å². The van der Waals surface area contributed by atoms with Gasteiger partial charge in [-0.05, 0) is 54.8 Å². The minimum absolute atomic E-state index is 0.434. The normalized spacial score (nSPS) is 11.5. The number of nitrogens with zero attached hydrogens (tertiary/aromatic N) is 2. The van der Waals surface area contributed by atoms with Crippen molar-refractivity contribution in [2.45, 2.75) is 33.1 Å². The smallest absolute Gasteiger partial charge is 0.0729 e. The molecule has 0 aliphatic rings. The molecule has 0 atom stereocenters. The van der Waals surface area contributed by atoms with E-state index in [2.05, 4.69) is 92.1 Å². The number of rotatable bonds is 5. The number of hydrogen-bond acceptors (Lipinski definition) is 2. The first kappa shape index (κ1) is 17.1. The fourth-order valence-corrected chi connectivity index (χ4v) is 3.09. The number of hydrogen-bond donors (Lipinski definition) is 0. The number of aryl methyl sites for hydroxylation is 1. The van der Waals surface area contributed by atoms with Gasteiger partial charge in [-0.15, -0.1) is 0 Å². The Morgan fingerprint density at radius 2 is 2.00 bits per heavy atom. The van der Waals surface area contributed by atoms with Crippen LogP contribution in [-0.2, 0) is 6.42 Å². The second kappa shape index (κ2) is 7.43. The predicted molar refractivity (Wildman–Crippen MR) is 109 cm³/mol. The topological polar surface area (TPSA) is 25.2 Å². The third kappa shape index (κ3) is 3.85. The molecule has 25 heavy (non-hydrogen) atoms. The molecule has 0 aliphatic heterocycles. The molecule has 1 heterocycles. The van der Waals surface area contributed by atoms with E-state index in [1.807, 2.05) is 6.20 Å². The number of pyridine rings is 1. The van der Waals surface area contributed by atoms with Crippen LogP contribution < -0.4 is 0 Å². The molecular weight excluding hydrogens is 304 g/mol. The standard InChI is InChI=1S/C23H24N2/c1-16(2)21-10-6-9-19(23(21)24-4)8-5-7-18-11-12-20-13-17(3)15-25-22(20)14-18/h5-6,8-16H,4,7H2,1-3H3/b8-5-. The monoisotopic (exact) mass is 328 g/mol.